The summed E-state index contributed by atoms with van der Waals surface area (Å²) in [6.45, 7) is 4.71. The van der Waals surface area contributed by atoms with Crippen molar-refractivity contribution in [2.75, 3.05) is 20.3 Å². The van der Waals surface area contributed by atoms with E-state index >= 15 is 0 Å². The third-order valence-corrected chi connectivity index (χ3v) is 3.27. The first-order valence-electron chi connectivity index (χ1n) is 6.68. The van der Waals surface area contributed by atoms with Crippen LogP contribution in [0.4, 0.5) is 0 Å². The lowest BCUT2D eigenvalue weighted by molar-refractivity contribution is -0.137. The quantitative estimate of drug-likeness (QED) is 0.783. The number of methoxy groups -OCH3 is 1. The molecule has 0 spiro atoms. The largest absolute Gasteiger partial charge is 0.480 e. The number of carbonyl (C=O) groups is 2. The number of nitrogens with zero attached hydrogens (tertiary/aromatic N) is 2. The molecule has 0 saturated heterocycles. The first-order valence-corrected chi connectivity index (χ1v) is 6.68. The molecule has 0 aliphatic rings. The van der Waals surface area contributed by atoms with Crippen molar-refractivity contribution in [3.05, 3.63) is 24.0 Å². The minimum Gasteiger partial charge on any atom is -0.480 e. The first-order chi connectivity index (χ1) is 9.51. The van der Waals surface area contributed by atoms with Gasteiger partial charge in [-0.2, -0.15) is 0 Å². The van der Waals surface area contributed by atoms with E-state index in [1.807, 2.05) is 13.8 Å². The highest BCUT2D eigenvalue weighted by Crippen LogP contribution is 2.12. The van der Waals surface area contributed by atoms with Crippen LogP contribution >= 0.6 is 0 Å². The van der Waals surface area contributed by atoms with Crippen molar-refractivity contribution in [1.29, 1.82) is 0 Å². The molecule has 0 radical (unpaired) electrons. The van der Waals surface area contributed by atoms with E-state index < -0.39 is 5.97 Å². The van der Waals surface area contributed by atoms with Gasteiger partial charge < -0.3 is 19.3 Å². The van der Waals surface area contributed by atoms with E-state index in [2.05, 4.69) is 0 Å². The van der Waals surface area contributed by atoms with Crippen molar-refractivity contribution in [3.8, 4) is 0 Å². The molecule has 6 heteroatoms. The summed E-state index contributed by atoms with van der Waals surface area (Å²) in [4.78, 5) is 25.1. The molecule has 1 aromatic heterocycles. The van der Waals surface area contributed by atoms with Crippen LogP contribution in [0, 0.1) is 0 Å². The van der Waals surface area contributed by atoms with E-state index in [1.54, 1.807) is 30.3 Å². The van der Waals surface area contributed by atoms with Crippen molar-refractivity contribution in [3.63, 3.8) is 0 Å². The zero-order valence-corrected chi connectivity index (χ0v) is 12.2. The van der Waals surface area contributed by atoms with Gasteiger partial charge in [0.2, 0.25) is 0 Å². The summed E-state index contributed by atoms with van der Waals surface area (Å²) in [6.07, 6.45) is 2.43. The smallest absolute Gasteiger partial charge is 0.323 e. The zero-order chi connectivity index (χ0) is 15.1. The molecular formula is C14H22N2O4. The molecule has 1 heterocycles. The molecule has 6 nitrogen and oxygen atoms in total. The molecule has 0 bridgehead atoms. The number of carboxylic acids is 1. The molecule has 0 saturated carbocycles. The normalized spacial score (nSPS) is 12.2. The minimum atomic E-state index is -0.970. The molecule has 0 aliphatic heterocycles. The Balaban J connectivity index is 2.93. The number of hydrogen-bond acceptors (Lipinski definition) is 3. The van der Waals surface area contributed by atoms with Gasteiger partial charge in [0.05, 0.1) is 6.61 Å². The number of carboxylic acid groups (broad SMARTS) is 1. The molecule has 1 atom stereocenters. The fraction of sp³-hybridized carbons (Fsp3) is 0.571. The summed E-state index contributed by atoms with van der Waals surface area (Å²) in [7, 11) is 1.59. The Morgan fingerprint density at radius 3 is 2.75 bits per heavy atom. The van der Waals surface area contributed by atoms with Crippen LogP contribution in [0.15, 0.2) is 18.3 Å². The Bertz CT molecular complexity index is 456. The minimum absolute atomic E-state index is 0.0748. The van der Waals surface area contributed by atoms with Gasteiger partial charge in [-0.15, -0.1) is 0 Å². The second-order valence-corrected chi connectivity index (χ2v) is 4.66. The number of hydrogen-bond donors (Lipinski definition) is 1. The maximum atomic E-state index is 12.6. The number of rotatable bonds is 8. The van der Waals surface area contributed by atoms with Crippen LogP contribution in [-0.2, 0) is 16.1 Å². The fourth-order valence-electron chi connectivity index (χ4n) is 1.97. The highest BCUT2D eigenvalue weighted by molar-refractivity contribution is 5.93. The van der Waals surface area contributed by atoms with Crippen LogP contribution in [0.2, 0.25) is 0 Å². The highest BCUT2D eigenvalue weighted by atomic mass is 16.5. The molecule has 20 heavy (non-hydrogen) atoms. The third-order valence-electron chi connectivity index (χ3n) is 3.27. The Hall–Kier alpha value is -1.82. The van der Waals surface area contributed by atoms with E-state index in [9.17, 15) is 9.59 Å². The molecule has 1 amide bonds. The summed E-state index contributed by atoms with van der Waals surface area (Å²) in [5.41, 5.74) is 0.392. The van der Waals surface area contributed by atoms with Gasteiger partial charge in [0, 0.05) is 25.9 Å². The lowest BCUT2D eigenvalue weighted by Crippen LogP contribution is -2.41. The number of amides is 1. The van der Waals surface area contributed by atoms with Crippen molar-refractivity contribution in [2.24, 2.45) is 0 Å². The zero-order valence-electron chi connectivity index (χ0n) is 12.2. The predicted octanol–water partition coefficient (Wildman–Crippen LogP) is 1.46. The van der Waals surface area contributed by atoms with Crippen LogP contribution in [-0.4, -0.2) is 52.8 Å². The molecule has 0 aliphatic carbocycles. The average molecular weight is 282 g/mol. The summed E-state index contributed by atoms with van der Waals surface area (Å²) in [5.74, 6) is -1.13. The molecule has 0 aromatic carbocycles. The van der Waals surface area contributed by atoms with Crippen LogP contribution in [0.3, 0.4) is 0 Å². The number of aliphatic carboxylic acids is 1. The molecule has 112 valence electrons. The van der Waals surface area contributed by atoms with Crippen LogP contribution < -0.4 is 0 Å². The maximum Gasteiger partial charge on any atom is 0.323 e. The van der Waals surface area contributed by atoms with Gasteiger partial charge in [0.25, 0.3) is 5.91 Å². The summed E-state index contributed by atoms with van der Waals surface area (Å²) < 4.78 is 6.49. The molecule has 1 aromatic rings. The standard InChI is InChI=1S/C14H22N2O4/c1-4-11(2)16(8-9-20-3)14(19)12-6-5-7-15(12)10-13(17)18/h5-7,11H,4,8-10H2,1-3H3,(H,17,18). The average Bonchev–Trinajstić information content (AvgIpc) is 2.85. The van der Waals surface area contributed by atoms with Gasteiger partial charge in [-0.3, -0.25) is 9.59 Å². The van der Waals surface area contributed by atoms with E-state index in [1.165, 1.54) is 4.57 Å². The molecule has 0 fully saturated rings. The van der Waals surface area contributed by atoms with Gasteiger partial charge in [-0.25, -0.2) is 0 Å². The highest BCUT2D eigenvalue weighted by Gasteiger charge is 2.23. The van der Waals surface area contributed by atoms with Crippen molar-refractivity contribution < 1.29 is 19.4 Å². The van der Waals surface area contributed by atoms with Gasteiger partial charge >= 0.3 is 5.97 Å². The monoisotopic (exact) mass is 282 g/mol. The maximum absolute atomic E-state index is 12.6. The van der Waals surface area contributed by atoms with E-state index in [-0.39, 0.29) is 18.5 Å². The Morgan fingerprint density at radius 2 is 2.20 bits per heavy atom. The third kappa shape index (κ3) is 4.09. The van der Waals surface area contributed by atoms with Gasteiger partial charge in [-0.05, 0) is 25.5 Å². The van der Waals surface area contributed by atoms with Crippen LogP contribution in [0.5, 0.6) is 0 Å². The first kappa shape index (κ1) is 16.2. The molecular weight excluding hydrogens is 260 g/mol. The number of carbonyl (C=O) groups excluding carboxylic acids is 1. The van der Waals surface area contributed by atoms with Crippen LogP contribution in [0.1, 0.15) is 30.8 Å². The number of ether oxygens (including phenoxy) is 1. The second-order valence-electron chi connectivity index (χ2n) is 4.66. The Labute approximate surface area is 118 Å². The van der Waals surface area contributed by atoms with Crippen molar-refractivity contribution >= 4 is 11.9 Å². The molecule has 1 N–H and O–H groups in total. The summed E-state index contributed by atoms with van der Waals surface area (Å²) in [6, 6.07) is 3.40. The number of aromatic nitrogens is 1. The van der Waals surface area contributed by atoms with E-state index in [0.29, 0.717) is 18.8 Å². The van der Waals surface area contributed by atoms with Gasteiger partial charge in [0.1, 0.15) is 12.2 Å². The summed E-state index contributed by atoms with van der Waals surface area (Å²) >= 11 is 0. The topological polar surface area (TPSA) is 71.8 Å². The Morgan fingerprint density at radius 1 is 1.50 bits per heavy atom. The lowest BCUT2D eigenvalue weighted by Gasteiger charge is -2.28. The second kappa shape index (κ2) is 7.69. The van der Waals surface area contributed by atoms with E-state index in [0.717, 1.165) is 6.42 Å². The summed E-state index contributed by atoms with van der Waals surface area (Å²) in [5, 5.41) is 8.86. The van der Waals surface area contributed by atoms with Gasteiger partial charge in [0.15, 0.2) is 0 Å². The Kier molecular flexibility index (Phi) is 6.24. The fourth-order valence-corrected chi connectivity index (χ4v) is 1.97. The molecule has 1 unspecified atom stereocenters. The van der Waals surface area contributed by atoms with E-state index in [4.69, 9.17) is 9.84 Å². The van der Waals surface area contributed by atoms with Crippen molar-refractivity contribution in [2.45, 2.75) is 32.9 Å². The lowest BCUT2D eigenvalue weighted by atomic mass is 10.2. The molecule has 1 rings (SSSR count). The van der Waals surface area contributed by atoms with Crippen molar-refractivity contribution in [1.82, 2.24) is 9.47 Å². The SMILES string of the molecule is CCC(C)N(CCOC)C(=O)c1cccn1CC(=O)O. The predicted molar refractivity (Wildman–Crippen MR) is 74.7 cm³/mol. The van der Waals surface area contributed by atoms with Gasteiger partial charge in [-0.1, -0.05) is 6.92 Å². The van der Waals surface area contributed by atoms with Crippen LogP contribution in [0.25, 0.3) is 0 Å².